The lowest BCUT2D eigenvalue weighted by Gasteiger charge is -2.22. The number of aliphatic carboxylic acids is 1. The van der Waals surface area contributed by atoms with Crippen LogP contribution in [0, 0.1) is 0 Å². The van der Waals surface area contributed by atoms with Crippen LogP contribution < -0.4 is 5.32 Å². The third-order valence-corrected chi connectivity index (χ3v) is 7.29. The highest BCUT2D eigenvalue weighted by Gasteiger charge is 2.35. The number of halogens is 1. The number of sulfonamides is 1. The highest BCUT2D eigenvalue weighted by atomic mass is 35.5. The van der Waals surface area contributed by atoms with Crippen molar-refractivity contribution in [2.24, 2.45) is 0 Å². The predicted molar refractivity (Wildman–Crippen MR) is 117 cm³/mol. The molecule has 2 aliphatic rings. The van der Waals surface area contributed by atoms with Crippen molar-refractivity contribution in [2.75, 3.05) is 13.6 Å². The van der Waals surface area contributed by atoms with E-state index in [1.165, 1.54) is 17.4 Å². The summed E-state index contributed by atoms with van der Waals surface area (Å²) in [5, 5.41) is 12.6. The summed E-state index contributed by atoms with van der Waals surface area (Å²) in [5.74, 6) is -0.770. The maximum atomic E-state index is 13.3. The molecule has 1 aliphatic heterocycles. The van der Waals surface area contributed by atoms with Gasteiger partial charge in [-0.1, -0.05) is 42.7 Å². The number of rotatable bonds is 8. The van der Waals surface area contributed by atoms with E-state index in [0.29, 0.717) is 29.2 Å². The van der Waals surface area contributed by atoms with Crippen LogP contribution in [0.25, 0.3) is 0 Å². The van der Waals surface area contributed by atoms with E-state index in [0.717, 1.165) is 24.8 Å². The molecule has 1 atom stereocenters. The van der Waals surface area contributed by atoms with Crippen LogP contribution in [0.3, 0.4) is 0 Å². The van der Waals surface area contributed by atoms with E-state index in [2.05, 4.69) is 11.0 Å². The number of carboxylic acids is 1. The van der Waals surface area contributed by atoms with E-state index >= 15 is 0 Å². The first-order valence-electron chi connectivity index (χ1n) is 9.89. The van der Waals surface area contributed by atoms with E-state index in [4.69, 9.17) is 16.7 Å². The minimum Gasteiger partial charge on any atom is -0.481 e. The predicted octanol–water partition coefficient (Wildman–Crippen LogP) is 4.18. The first-order chi connectivity index (χ1) is 14.3. The van der Waals surface area contributed by atoms with Crippen LogP contribution in [-0.4, -0.2) is 37.4 Å². The Balaban J connectivity index is 1.88. The number of nitrogens with one attached hydrogen (secondary N) is 1. The van der Waals surface area contributed by atoms with Crippen molar-refractivity contribution >= 4 is 27.6 Å². The molecule has 0 amide bonds. The Kier molecular flexibility index (Phi) is 7.21. The van der Waals surface area contributed by atoms with Crippen molar-refractivity contribution in [1.82, 2.24) is 9.62 Å². The fourth-order valence-corrected chi connectivity index (χ4v) is 5.36. The zero-order valence-corrected chi connectivity index (χ0v) is 18.3. The van der Waals surface area contributed by atoms with Gasteiger partial charge in [0.25, 0.3) is 10.0 Å². The SMILES string of the molecule is CN1C2=C(C=CC=C=C2)C(NCCCCCCC(=O)O)c2ccc(Cl)cc2S1(=O)=O. The highest BCUT2D eigenvalue weighted by Crippen LogP contribution is 2.39. The summed E-state index contributed by atoms with van der Waals surface area (Å²) in [5.41, 5.74) is 5.06. The van der Waals surface area contributed by atoms with Gasteiger partial charge in [-0.25, -0.2) is 8.42 Å². The lowest BCUT2D eigenvalue weighted by Crippen LogP contribution is -2.25. The van der Waals surface area contributed by atoms with Crippen LogP contribution >= 0.6 is 11.6 Å². The molecule has 0 aromatic heterocycles. The lowest BCUT2D eigenvalue weighted by atomic mass is 9.96. The number of nitrogens with zero attached hydrogens (tertiary/aromatic N) is 1. The smallest absolute Gasteiger partial charge is 0.303 e. The van der Waals surface area contributed by atoms with Gasteiger partial charge < -0.3 is 10.4 Å². The molecule has 0 spiro atoms. The Morgan fingerprint density at radius 2 is 2.03 bits per heavy atom. The molecule has 8 heteroatoms. The van der Waals surface area contributed by atoms with Gasteiger partial charge >= 0.3 is 5.97 Å². The van der Waals surface area contributed by atoms with E-state index < -0.39 is 16.0 Å². The Bertz CT molecular complexity index is 1050. The van der Waals surface area contributed by atoms with Gasteiger partial charge in [-0.05, 0) is 48.7 Å². The minimum atomic E-state index is -3.77. The maximum Gasteiger partial charge on any atom is 0.303 e. The third-order valence-electron chi connectivity index (χ3n) is 5.23. The number of carbonyl (C=O) groups is 1. The summed E-state index contributed by atoms with van der Waals surface area (Å²) < 4.78 is 27.8. The molecule has 2 N–H and O–H groups in total. The summed E-state index contributed by atoms with van der Waals surface area (Å²) in [7, 11) is -2.23. The van der Waals surface area contributed by atoms with E-state index in [1.807, 2.05) is 12.2 Å². The molecule has 0 fully saturated rings. The fraction of sp³-hybridized carbons (Fsp3) is 0.364. The van der Waals surface area contributed by atoms with Crippen LogP contribution in [0.5, 0.6) is 0 Å². The summed E-state index contributed by atoms with van der Waals surface area (Å²) in [6.45, 7) is 0.672. The average Bonchev–Trinajstić information content (AvgIpc) is 2.97. The molecule has 6 nitrogen and oxygen atoms in total. The van der Waals surface area contributed by atoms with Crippen LogP contribution in [0.4, 0.5) is 0 Å². The number of allylic oxidation sites excluding steroid dienone is 2. The number of fused-ring (bicyclic) bond motifs is 1. The third kappa shape index (κ3) is 4.87. The van der Waals surface area contributed by atoms with Gasteiger partial charge in [-0.15, -0.1) is 5.73 Å². The molecule has 3 rings (SSSR count). The Labute approximate surface area is 182 Å². The summed E-state index contributed by atoms with van der Waals surface area (Å²) in [6, 6.07) is 4.64. The monoisotopic (exact) mass is 448 g/mol. The summed E-state index contributed by atoms with van der Waals surface area (Å²) >= 11 is 6.13. The van der Waals surface area contributed by atoms with Crippen LogP contribution in [-0.2, 0) is 14.8 Å². The van der Waals surface area contributed by atoms with Gasteiger partial charge in [0.1, 0.15) is 0 Å². The number of hydrogen-bond acceptors (Lipinski definition) is 4. The topological polar surface area (TPSA) is 86.7 Å². The van der Waals surface area contributed by atoms with Crippen molar-refractivity contribution in [3.05, 3.63) is 70.1 Å². The molecule has 1 heterocycles. The molecule has 0 bridgehead atoms. The van der Waals surface area contributed by atoms with Gasteiger partial charge in [-0.2, -0.15) is 0 Å². The Morgan fingerprint density at radius 3 is 2.80 bits per heavy atom. The Morgan fingerprint density at radius 1 is 1.27 bits per heavy atom. The second kappa shape index (κ2) is 9.67. The molecule has 1 unspecified atom stereocenters. The molecule has 30 heavy (non-hydrogen) atoms. The second-order valence-corrected chi connectivity index (χ2v) is 9.65. The maximum absolute atomic E-state index is 13.3. The molecule has 1 aliphatic carbocycles. The number of unbranched alkanes of at least 4 members (excludes halogenated alkanes) is 3. The zero-order chi connectivity index (χ0) is 21.7. The number of likely N-dealkylation sites (N-methyl/N-ethyl adjacent to an activating group) is 1. The van der Waals surface area contributed by atoms with Crippen LogP contribution in [0.15, 0.2) is 64.4 Å². The molecule has 0 saturated carbocycles. The van der Waals surface area contributed by atoms with Crippen molar-refractivity contribution in [1.29, 1.82) is 0 Å². The van der Waals surface area contributed by atoms with E-state index in [-0.39, 0.29) is 17.4 Å². The van der Waals surface area contributed by atoms with Crippen LogP contribution in [0.1, 0.15) is 43.7 Å². The van der Waals surface area contributed by atoms with Gasteiger partial charge in [0, 0.05) is 24.6 Å². The largest absolute Gasteiger partial charge is 0.481 e. The quantitative estimate of drug-likeness (QED) is 0.460. The van der Waals surface area contributed by atoms with Gasteiger partial charge in [0.2, 0.25) is 0 Å². The minimum absolute atomic E-state index is 0.189. The van der Waals surface area contributed by atoms with Crippen molar-refractivity contribution in [2.45, 2.75) is 43.0 Å². The Hall–Kier alpha value is -2.31. The molecule has 1 aromatic carbocycles. The average molecular weight is 449 g/mol. The van der Waals surface area contributed by atoms with Gasteiger partial charge in [0.05, 0.1) is 16.6 Å². The van der Waals surface area contributed by atoms with E-state index in [1.54, 1.807) is 24.3 Å². The molecule has 0 radical (unpaired) electrons. The summed E-state index contributed by atoms with van der Waals surface area (Å²) in [4.78, 5) is 10.8. The number of carboxylic acid groups (broad SMARTS) is 1. The zero-order valence-electron chi connectivity index (χ0n) is 16.8. The fourth-order valence-electron chi connectivity index (χ4n) is 3.66. The molecule has 0 saturated heterocycles. The molecular formula is C22H25ClN2O4S. The van der Waals surface area contributed by atoms with Crippen molar-refractivity contribution < 1.29 is 18.3 Å². The van der Waals surface area contributed by atoms with E-state index in [9.17, 15) is 13.2 Å². The standard InChI is InChI=1S/C22H25ClN2O4S/c1-25-19-10-6-4-5-9-17(19)22(24-14-8-3-2-7-11-21(26)27)18-13-12-16(23)15-20(18)30(25,28)29/h4-5,9-10,12-13,15,22,24H,2-3,7-8,11,14H2,1H3,(H,26,27). The number of hydrogen-bond donors (Lipinski definition) is 2. The molecular weight excluding hydrogens is 424 g/mol. The molecule has 160 valence electrons. The van der Waals surface area contributed by atoms with Gasteiger partial charge in [-0.3, -0.25) is 9.10 Å². The summed E-state index contributed by atoms with van der Waals surface area (Å²) in [6.07, 6.45) is 10.7. The highest BCUT2D eigenvalue weighted by molar-refractivity contribution is 7.89. The molecule has 1 aromatic rings. The van der Waals surface area contributed by atoms with Crippen molar-refractivity contribution in [3.8, 4) is 0 Å². The van der Waals surface area contributed by atoms with Crippen LogP contribution in [0.2, 0.25) is 5.02 Å². The number of benzene rings is 1. The second-order valence-electron chi connectivity index (χ2n) is 7.28. The van der Waals surface area contributed by atoms with Crippen molar-refractivity contribution in [3.63, 3.8) is 0 Å². The lowest BCUT2D eigenvalue weighted by molar-refractivity contribution is -0.137. The van der Waals surface area contributed by atoms with Gasteiger partial charge in [0.15, 0.2) is 0 Å². The first kappa shape index (κ1) is 22.4. The first-order valence-corrected chi connectivity index (χ1v) is 11.7. The normalized spacial score (nSPS) is 19.3.